The third-order valence-corrected chi connectivity index (χ3v) is 3.47. The van der Waals surface area contributed by atoms with Gasteiger partial charge in [-0.2, -0.15) is 0 Å². The fraction of sp³-hybridized carbons (Fsp3) is 1.00. The second-order valence-electron chi connectivity index (χ2n) is 3.80. The summed E-state index contributed by atoms with van der Waals surface area (Å²) < 4.78 is 7.66. The molecule has 0 amide bonds. The van der Waals surface area contributed by atoms with Gasteiger partial charge in [-0.05, 0) is 31.7 Å². The minimum atomic E-state index is 0.633. The molecule has 0 aromatic carbocycles. The van der Waals surface area contributed by atoms with Gasteiger partial charge in [-0.1, -0.05) is 0 Å². The maximum atomic E-state index is 5.32. The van der Waals surface area contributed by atoms with Gasteiger partial charge in [0.05, 0.1) is 12.2 Å². The third kappa shape index (κ3) is 1.93. The number of rotatable bonds is 4. The van der Waals surface area contributed by atoms with Crippen molar-refractivity contribution < 1.29 is 4.18 Å². The number of hydrogen-bond acceptors (Lipinski definition) is 4. The van der Waals surface area contributed by atoms with Gasteiger partial charge >= 0.3 is 0 Å². The molecule has 0 aromatic heterocycles. The molecule has 0 bridgehead atoms. The first kappa shape index (κ1) is 8.81. The number of nitrogens with zero attached hydrogens (tertiary/aromatic N) is 1. The largest absolute Gasteiger partial charge is 0.297 e. The highest BCUT2D eigenvalue weighted by Crippen LogP contribution is 2.53. The first-order valence-corrected chi connectivity index (χ1v) is 5.24. The van der Waals surface area contributed by atoms with Crippen molar-refractivity contribution in [2.45, 2.75) is 19.3 Å². The zero-order valence-corrected chi connectivity index (χ0v) is 8.32. The Hall–Kier alpha value is 0.230. The third-order valence-electron chi connectivity index (χ3n) is 2.72. The Kier molecular flexibility index (Phi) is 2.60. The van der Waals surface area contributed by atoms with E-state index in [1.54, 1.807) is 0 Å². The quantitative estimate of drug-likeness (QED) is 0.310. The maximum Gasteiger partial charge on any atom is 0.113 e. The van der Waals surface area contributed by atoms with E-state index >= 15 is 0 Å². The van der Waals surface area contributed by atoms with Crippen molar-refractivity contribution in [3.05, 3.63) is 0 Å². The topological polar surface area (TPSA) is 24.5 Å². The highest BCUT2D eigenvalue weighted by molar-refractivity contribution is 7.92. The SMILES string of the molecule is CNCOSN1CCC2(CC2)C1. The normalized spacial score (nSPS) is 26.8. The van der Waals surface area contributed by atoms with Crippen molar-refractivity contribution in [1.29, 1.82) is 0 Å². The molecule has 1 saturated carbocycles. The molecule has 70 valence electrons. The Morgan fingerprint density at radius 3 is 2.92 bits per heavy atom. The zero-order valence-electron chi connectivity index (χ0n) is 7.51. The Bertz CT molecular complexity index is 161. The summed E-state index contributed by atoms with van der Waals surface area (Å²) in [6.07, 6.45) is 4.26. The summed E-state index contributed by atoms with van der Waals surface area (Å²) in [6.45, 7) is 3.07. The lowest BCUT2D eigenvalue weighted by Gasteiger charge is -2.12. The van der Waals surface area contributed by atoms with Crippen molar-refractivity contribution in [3.63, 3.8) is 0 Å². The highest BCUT2D eigenvalue weighted by atomic mass is 32.2. The average Bonchev–Trinajstić information content (AvgIpc) is 2.68. The molecule has 1 spiro atoms. The summed E-state index contributed by atoms with van der Waals surface area (Å²) in [7, 11) is 1.90. The minimum Gasteiger partial charge on any atom is -0.297 e. The summed E-state index contributed by atoms with van der Waals surface area (Å²) in [5.41, 5.74) is 0.718. The van der Waals surface area contributed by atoms with E-state index in [4.69, 9.17) is 4.18 Å². The fourth-order valence-electron chi connectivity index (χ4n) is 1.70. The molecule has 0 unspecified atom stereocenters. The first-order chi connectivity index (χ1) is 5.85. The summed E-state index contributed by atoms with van der Waals surface area (Å²) in [5.74, 6) is 0. The van der Waals surface area contributed by atoms with Crippen molar-refractivity contribution >= 4 is 12.2 Å². The fourth-order valence-corrected chi connectivity index (χ4v) is 2.51. The van der Waals surface area contributed by atoms with E-state index in [0.29, 0.717) is 6.73 Å². The van der Waals surface area contributed by atoms with E-state index in [9.17, 15) is 0 Å². The lowest BCUT2D eigenvalue weighted by Crippen LogP contribution is -2.16. The van der Waals surface area contributed by atoms with Gasteiger partial charge in [-0.3, -0.25) is 9.50 Å². The van der Waals surface area contributed by atoms with Gasteiger partial charge < -0.3 is 0 Å². The first-order valence-electron chi connectivity index (χ1n) is 4.54. The maximum absolute atomic E-state index is 5.32. The van der Waals surface area contributed by atoms with Gasteiger partial charge in [0.25, 0.3) is 0 Å². The summed E-state index contributed by atoms with van der Waals surface area (Å²) in [5, 5.41) is 2.96. The predicted molar refractivity (Wildman–Crippen MR) is 50.5 cm³/mol. The van der Waals surface area contributed by atoms with Crippen LogP contribution in [0.4, 0.5) is 0 Å². The van der Waals surface area contributed by atoms with Crippen molar-refractivity contribution in [2.75, 3.05) is 26.9 Å². The molecule has 2 fully saturated rings. The highest BCUT2D eigenvalue weighted by Gasteiger charge is 2.47. The Labute approximate surface area is 78.2 Å². The molecule has 1 aliphatic heterocycles. The molecule has 1 aliphatic carbocycles. The molecule has 2 aliphatic rings. The number of nitrogens with one attached hydrogen (secondary N) is 1. The average molecular weight is 188 g/mol. The monoisotopic (exact) mass is 188 g/mol. The molecule has 12 heavy (non-hydrogen) atoms. The van der Waals surface area contributed by atoms with Crippen LogP contribution in [0.2, 0.25) is 0 Å². The molecule has 0 radical (unpaired) electrons. The van der Waals surface area contributed by atoms with Gasteiger partial charge in [0.15, 0.2) is 0 Å². The summed E-state index contributed by atoms with van der Waals surface area (Å²) >= 11 is 1.52. The molecule has 2 rings (SSSR count). The van der Waals surface area contributed by atoms with Gasteiger partial charge in [0.2, 0.25) is 0 Å². The molecule has 1 saturated heterocycles. The standard InChI is InChI=1S/C8H16N2OS/c1-9-7-11-12-10-5-4-8(6-10)2-3-8/h9H,2-7H2,1H3. The van der Waals surface area contributed by atoms with Gasteiger partial charge in [0.1, 0.15) is 6.73 Å². The van der Waals surface area contributed by atoms with Crippen LogP contribution in [0.25, 0.3) is 0 Å². The smallest absolute Gasteiger partial charge is 0.113 e. The minimum absolute atomic E-state index is 0.633. The van der Waals surface area contributed by atoms with Gasteiger partial charge in [-0.15, -0.1) is 0 Å². The molecule has 4 heteroatoms. The molecular formula is C8H16N2OS. The van der Waals surface area contributed by atoms with Crippen LogP contribution in [0, 0.1) is 5.41 Å². The molecule has 1 heterocycles. The summed E-state index contributed by atoms with van der Waals surface area (Å²) in [4.78, 5) is 0. The Balaban J connectivity index is 1.63. The van der Waals surface area contributed by atoms with E-state index in [2.05, 4.69) is 9.62 Å². The predicted octanol–water partition coefficient (Wildman–Crippen LogP) is 1.23. The zero-order chi connectivity index (χ0) is 8.44. The van der Waals surface area contributed by atoms with Crippen LogP contribution in [0.5, 0.6) is 0 Å². The van der Waals surface area contributed by atoms with E-state index in [0.717, 1.165) is 5.41 Å². The van der Waals surface area contributed by atoms with Crippen molar-refractivity contribution in [2.24, 2.45) is 5.41 Å². The molecular weight excluding hydrogens is 172 g/mol. The van der Waals surface area contributed by atoms with Crippen LogP contribution in [0.3, 0.4) is 0 Å². The van der Waals surface area contributed by atoms with Crippen LogP contribution in [-0.4, -0.2) is 31.2 Å². The second kappa shape index (κ2) is 3.54. The molecule has 1 N–H and O–H groups in total. The lowest BCUT2D eigenvalue weighted by molar-refractivity contribution is 0.324. The van der Waals surface area contributed by atoms with Crippen molar-refractivity contribution in [3.8, 4) is 0 Å². The van der Waals surface area contributed by atoms with Gasteiger partial charge in [0, 0.05) is 13.1 Å². The van der Waals surface area contributed by atoms with Crippen LogP contribution in [0.1, 0.15) is 19.3 Å². The van der Waals surface area contributed by atoms with Crippen LogP contribution >= 0.6 is 12.2 Å². The number of hydrogen-bond donors (Lipinski definition) is 1. The van der Waals surface area contributed by atoms with E-state index in [1.807, 2.05) is 7.05 Å². The molecule has 0 aromatic rings. The van der Waals surface area contributed by atoms with Crippen LogP contribution < -0.4 is 5.32 Å². The van der Waals surface area contributed by atoms with E-state index in [1.165, 1.54) is 44.6 Å². The van der Waals surface area contributed by atoms with Crippen LogP contribution in [0.15, 0.2) is 0 Å². The van der Waals surface area contributed by atoms with Crippen molar-refractivity contribution in [1.82, 2.24) is 9.62 Å². The molecule has 0 atom stereocenters. The Morgan fingerprint density at radius 1 is 1.50 bits per heavy atom. The lowest BCUT2D eigenvalue weighted by atomic mass is 10.1. The van der Waals surface area contributed by atoms with E-state index < -0.39 is 0 Å². The van der Waals surface area contributed by atoms with Gasteiger partial charge in [-0.25, -0.2) is 4.31 Å². The summed E-state index contributed by atoms with van der Waals surface area (Å²) in [6, 6.07) is 0. The van der Waals surface area contributed by atoms with Crippen LogP contribution in [-0.2, 0) is 4.18 Å². The van der Waals surface area contributed by atoms with E-state index in [-0.39, 0.29) is 0 Å². The Morgan fingerprint density at radius 2 is 2.33 bits per heavy atom. The second-order valence-corrected chi connectivity index (χ2v) is 4.70. The molecule has 3 nitrogen and oxygen atoms in total.